The summed E-state index contributed by atoms with van der Waals surface area (Å²) in [4.78, 5) is 35.6. The van der Waals surface area contributed by atoms with E-state index in [9.17, 15) is 14.4 Å². The minimum atomic E-state index is -0.871. The van der Waals surface area contributed by atoms with Gasteiger partial charge < -0.3 is 15.4 Å². The number of ether oxygens (including phenoxy) is 1. The van der Waals surface area contributed by atoms with Gasteiger partial charge in [0.15, 0.2) is 6.10 Å². The first-order valence-electron chi connectivity index (χ1n) is 7.34. The van der Waals surface area contributed by atoms with Gasteiger partial charge in [-0.05, 0) is 38.8 Å². The number of amides is 2. The van der Waals surface area contributed by atoms with Crippen molar-refractivity contribution in [3.05, 3.63) is 35.9 Å². The fourth-order valence-corrected chi connectivity index (χ4v) is 1.80. The van der Waals surface area contributed by atoms with Gasteiger partial charge in [0, 0.05) is 11.6 Å². The summed E-state index contributed by atoms with van der Waals surface area (Å²) in [6.45, 7) is 3.04. The lowest BCUT2D eigenvalue weighted by Crippen LogP contribution is -2.43. The fraction of sp³-hybridized carbons (Fsp3) is 0.438. The highest BCUT2D eigenvalue weighted by Gasteiger charge is 2.28. The van der Waals surface area contributed by atoms with E-state index in [1.54, 1.807) is 30.3 Å². The summed E-state index contributed by atoms with van der Waals surface area (Å²) >= 11 is 0. The molecule has 1 aromatic rings. The van der Waals surface area contributed by atoms with Crippen LogP contribution in [0.4, 0.5) is 0 Å². The van der Waals surface area contributed by atoms with Gasteiger partial charge in [-0.3, -0.25) is 9.59 Å². The van der Waals surface area contributed by atoms with Crippen LogP contribution in [0.2, 0.25) is 0 Å². The van der Waals surface area contributed by atoms with E-state index in [0.717, 1.165) is 12.8 Å². The SMILES string of the molecule is C[C@H](NC(=O)c1ccccc1)C(=O)O[C@@H](C)C(=O)NC1CC1. The van der Waals surface area contributed by atoms with Crippen LogP contribution in [0.25, 0.3) is 0 Å². The number of carbonyl (C=O) groups is 3. The molecule has 0 bridgehead atoms. The van der Waals surface area contributed by atoms with E-state index in [4.69, 9.17) is 4.74 Å². The molecule has 2 atom stereocenters. The van der Waals surface area contributed by atoms with Gasteiger partial charge in [-0.2, -0.15) is 0 Å². The van der Waals surface area contributed by atoms with Crippen molar-refractivity contribution in [3.8, 4) is 0 Å². The molecule has 118 valence electrons. The fourth-order valence-electron chi connectivity index (χ4n) is 1.80. The molecule has 1 saturated carbocycles. The predicted molar refractivity (Wildman–Crippen MR) is 80.1 cm³/mol. The Hall–Kier alpha value is -2.37. The Kier molecular flexibility index (Phi) is 5.14. The van der Waals surface area contributed by atoms with Crippen molar-refractivity contribution in [2.45, 2.75) is 44.9 Å². The van der Waals surface area contributed by atoms with Gasteiger partial charge in [0.1, 0.15) is 6.04 Å². The Balaban J connectivity index is 1.81. The molecule has 1 aromatic carbocycles. The lowest BCUT2D eigenvalue weighted by Gasteiger charge is -2.17. The van der Waals surface area contributed by atoms with E-state index >= 15 is 0 Å². The minimum Gasteiger partial charge on any atom is -0.451 e. The first-order valence-corrected chi connectivity index (χ1v) is 7.34. The summed E-state index contributed by atoms with van der Waals surface area (Å²) in [7, 11) is 0. The van der Waals surface area contributed by atoms with Gasteiger partial charge in [0.2, 0.25) is 0 Å². The maximum absolute atomic E-state index is 11.9. The molecule has 2 N–H and O–H groups in total. The average Bonchev–Trinajstić information content (AvgIpc) is 3.31. The van der Waals surface area contributed by atoms with Crippen LogP contribution in [0.1, 0.15) is 37.0 Å². The van der Waals surface area contributed by atoms with E-state index in [1.165, 1.54) is 13.8 Å². The zero-order chi connectivity index (χ0) is 16.1. The molecule has 0 spiro atoms. The summed E-state index contributed by atoms with van der Waals surface area (Å²) in [5.41, 5.74) is 0.460. The maximum Gasteiger partial charge on any atom is 0.329 e. The quantitative estimate of drug-likeness (QED) is 0.768. The second kappa shape index (κ2) is 7.06. The molecule has 1 fully saturated rings. The molecule has 1 aliphatic carbocycles. The topological polar surface area (TPSA) is 84.5 Å². The van der Waals surface area contributed by atoms with Crippen molar-refractivity contribution >= 4 is 17.8 Å². The third-order valence-electron chi connectivity index (χ3n) is 3.32. The van der Waals surface area contributed by atoms with Gasteiger partial charge in [-0.1, -0.05) is 18.2 Å². The molecule has 0 radical (unpaired) electrons. The van der Waals surface area contributed by atoms with Gasteiger partial charge in [0.05, 0.1) is 0 Å². The molecule has 0 unspecified atom stereocenters. The number of hydrogen-bond acceptors (Lipinski definition) is 4. The van der Waals surface area contributed by atoms with E-state index in [-0.39, 0.29) is 17.9 Å². The van der Waals surface area contributed by atoms with Crippen LogP contribution >= 0.6 is 0 Å². The lowest BCUT2D eigenvalue weighted by atomic mass is 10.2. The molecule has 22 heavy (non-hydrogen) atoms. The average molecular weight is 304 g/mol. The molecule has 6 heteroatoms. The minimum absolute atomic E-state index is 0.212. The van der Waals surface area contributed by atoms with Crippen LogP contribution in [-0.4, -0.2) is 36.0 Å². The van der Waals surface area contributed by atoms with Gasteiger partial charge >= 0.3 is 5.97 Å². The summed E-state index contributed by atoms with van der Waals surface area (Å²) < 4.78 is 5.07. The molecular weight excluding hydrogens is 284 g/mol. The zero-order valence-corrected chi connectivity index (χ0v) is 12.7. The van der Waals surface area contributed by atoms with Crippen molar-refractivity contribution in [1.82, 2.24) is 10.6 Å². The molecule has 2 amide bonds. The molecular formula is C16H20N2O4. The normalized spacial score (nSPS) is 16.3. The van der Waals surface area contributed by atoms with Gasteiger partial charge in [0.25, 0.3) is 11.8 Å². The summed E-state index contributed by atoms with van der Waals surface area (Å²) in [6.07, 6.45) is 1.07. The Morgan fingerprint density at radius 1 is 1.14 bits per heavy atom. The Morgan fingerprint density at radius 2 is 1.77 bits per heavy atom. The number of nitrogens with one attached hydrogen (secondary N) is 2. The number of benzene rings is 1. The first-order chi connectivity index (χ1) is 10.5. The highest BCUT2D eigenvalue weighted by Crippen LogP contribution is 2.18. The third kappa shape index (κ3) is 4.58. The van der Waals surface area contributed by atoms with Crippen molar-refractivity contribution in [1.29, 1.82) is 0 Å². The Bertz CT molecular complexity index is 555. The van der Waals surface area contributed by atoms with Crippen LogP contribution in [0, 0.1) is 0 Å². The van der Waals surface area contributed by atoms with Crippen LogP contribution < -0.4 is 10.6 Å². The molecule has 6 nitrogen and oxygen atoms in total. The van der Waals surface area contributed by atoms with Crippen molar-refractivity contribution in [2.24, 2.45) is 0 Å². The Morgan fingerprint density at radius 3 is 2.36 bits per heavy atom. The maximum atomic E-state index is 11.9. The predicted octanol–water partition coefficient (Wildman–Crippen LogP) is 1.02. The van der Waals surface area contributed by atoms with Crippen LogP contribution in [0.3, 0.4) is 0 Å². The van der Waals surface area contributed by atoms with Crippen LogP contribution in [-0.2, 0) is 14.3 Å². The van der Waals surface area contributed by atoms with Crippen molar-refractivity contribution in [2.75, 3.05) is 0 Å². The molecule has 0 aliphatic heterocycles. The number of esters is 1. The highest BCUT2D eigenvalue weighted by molar-refractivity contribution is 5.96. The molecule has 0 heterocycles. The van der Waals surface area contributed by atoms with Gasteiger partial charge in [-0.15, -0.1) is 0 Å². The molecule has 0 aromatic heterocycles. The Labute approximate surface area is 129 Å². The highest BCUT2D eigenvalue weighted by atomic mass is 16.5. The van der Waals surface area contributed by atoms with E-state index in [1.807, 2.05) is 0 Å². The summed E-state index contributed by atoms with van der Waals surface area (Å²) in [5.74, 6) is -1.31. The van der Waals surface area contributed by atoms with Gasteiger partial charge in [-0.25, -0.2) is 4.79 Å². The second-order valence-corrected chi connectivity index (χ2v) is 5.42. The van der Waals surface area contributed by atoms with Crippen molar-refractivity contribution in [3.63, 3.8) is 0 Å². The van der Waals surface area contributed by atoms with Crippen LogP contribution in [0.15, 0.2) is 30.3 Å². The molecule has 1 aliphatic rings. The standard InChI is InChI=1S/C16H20N2O4/c1-10(17-15(20)12-6-4-3-5-7-12)16(21)22-11(2)14(19)18-13-8-9-13/h3-7,10-11,13H,8-9H2,1-2H3,(H,17,20)(H,18,19)/t10-,11-/m0/s1. The molecule has 2 rings (SSSR count). The number of rotatable bonds is 6. The number of hydrogen-bond donors (Lipinski definition) is 2. The lowest BCUT2D eigenvalue weighted by molar-refractivity contribution is -0.156. The monoisotopic (exact) mass is 304 g/mol. The third-order valence-corrected chi connectivity index (χ3v) is 3.32. The van der Waals surface area contributed by atoms with E-state index < -0.39 is 18.1 Å². The van der Waals surface area contributed by atoms with Crippen LogP contribution in [0.5, 0.6) is 0 Å². The van der Waals surface area contributed by atoms with E-state index in [2.05, 4.69) is 10.6 Å². The summed E-state index contributed by atoms with van der Waals surface area (Å²) in [5, 5.41) is 5.31. The largest absolute Gasteiger partial charge is 0.451 e. The summed E-state index contributed by atoms with van der Waals surface area (Å²) in [6, 6.07) is 7.96. The molecule has 0 saturated heterocycles. The van der Waals surface area contributed by atoms with E-state index in [0.29, 0.717) is 5.56 Å². The zero-order valence-electron chi connectivity index (χ0n) is 12.7. The van der Waals surface area contributed by atoms with Crippen molar-refractivity contribution < 1.29 is 19.1 Å². The number of carbonyl (C=O) groups excluding carboxylic acids is 3. The second-order valence-electron chi connectivity index (χ2n) is 5.42. The first kappa shape index (κ1) is 16.0. The smallest absolute Gasteiger partial charge is 0.329 e.